The van der Waals surface area contributed by atoms with Crippen LogP contribution in [0.4, 0.5) is 0 Å². The normalized spacial score (nSPS) is 57.0. The molecule has 1 heteroatoms. The van der Waals surface area contributed by atoms with Gasteiger partial charge in [0.15, 0.2) is 0 Å². The van der Waals surface area contributed by atoms with Crippen molar-refractivity contribution < 1.29 is 5.11 Å². The van der Waals surface area contributed by atoms with E-state index in [1.807, 2.05) is 0 Å². The summed E-state index contributed by atoms with van der Waals surface area (Å²) in [6.07, 6.45) is 8.24. The first-order valence-corrected chi connectivity index (χ1v) is 6.45. The molecule has 0 radical (unpaired) electrons. The van der Waals surface area contributed by atoms with Gasteiger partial charge in [0, 0.05) is 0 Å². The van der Waals surface area contributed by atoms with E-state index < -0.39 is 0 Å². The number of hydrogen-bond acceptors (Lipinski definition) is 1. The SMILES string of the molecule is CC1CCC2C1CCC2C1CCC1O. The molecule has 0 aliphatic heterocycles. The highest BCUT2D eigenvalue weighted by molar-refractivity contribution is 4.98. The molecule has 0 saturated heterocycles. The van der Waals surface area contributed by atoms with E-state index in [-0.39, 0.29) is 6.10 Å². The first-order chi connectivity index (χ1) is 6.77. The quantitative estimate of drug-likeness (QED) is 0.680. The second kappa shape index (κ2) is 3.23. The number of hydrogen-bond donors (Lipinski definition) is 1. The van der Waals surface area contributed by atoms with E-state index in [0.29, 0.717) is 5.92 Å². The lowest BCUT2D eigenvalue weighted by Crippen LogP contribution is -2.38. The van der Waals surface area contributed by atoms with E-state index in [2.05, 4.69) is 6.92 Å². The molecule has 6 unspecified atom stereocenters. The molecular formula is C13H22O. The highest BCUT2D eigenvalue weighted by Gasteiger charge is 2.48. The van der Waals surface area contributed by atoms with E-state index in [0.717, 1.165) is 30.1 Å². The maximum atomic E-state index is 9.75. The fraction of sp³-hybridized carbons (Fsp3) is 1.00. The lowest BCUT2D eigenvalue weighted by Gasteiger charge is -2.39. The summed E-state index contributed by atoms with van der Waals surface area (Å²) in [7, 11) is 0. The van der Waals surface area contributed by atoms with Gasteiger partial charge < -0.3 is 5.11 Å². The van der Waals surface area contributed by atoms with Crippen LogP contribution in [-0.4, -0.2) is 11.2 Å². The molecule has 14 heavy (non-hydrogen) atoms. The van der Waals surface area contributed by atoms with Crippen LogP contribution in [0.2, 0.25) is 0 Å². The zero-order valence-electron chi connectivity index (χ0n) is 9.15. The van der Waals surface area contributed by atoms with Crippen molar-refractivity contribution in [3.8, 4) is 0 Å². The van der Waals surface area contributed by atoms with Crippen LogP contribution in [0.5, 0.6) is 0 Å². The fourth-order valence-corrected chi connectivity index (χ4v) is 4.47. The Balaban J connectivity index is 1.71. The van der Waals surface area contributed by atoms with Gasteiger partial charge in [-0.05, 0) is 61.7 Å². The minimum atomic E-state index is 0.0645. The standard InChI is InChI=1S/C13H22O/c1-8-2-3-10-9(8)4-5-11(10)12-6-7-13(12)14/h8-14H,2-7H2,1H3. The van der Waals surface area contributed by atoms with Gasteiger partial charge in [-0.3, -0.25) is 0 Å². The Morgan fingerprint density at radius 3 is 1.93 bits per heavy atom. The van der Waals surface area contributed by atoms with Gasteiger partial charge >= 0.3 is 0 Å². The van der Waals surface area contributed by atoms with Crippen molar-refractivity contribution in [1.82, 2.24) is 0 Å². The molecule has 0 aromatic carbocycles. The Bertz CT molecular complexity index is 225. The van der Waals surface area contributed by atoms with Crippen molar-refractivity contribution in [2.45, 2.75) is 51.6 Å². The third kappa shape index (κ3) is 1.18. The molecule has 0 heterocycles. The summed E-state index contributed by atoms with van der Waals surface area (Å²) >= 11 is 0. The van der Waals surface area contributed by atoms with Gasteiger partial charge in [0.1, 0.15) is 0 Å². The molecule has 0 aromatic rings. The third-order valence-electron chi connectivity index (χ3n) is 5.46. The summed E-state index contributed by atoms with van der Waals surface area (Å²) in [5.41, 5.74) is 0. The minimum Gasteiger partial charge on any atom is -0.393 e. The summed E-state index contributed by atoms with van der Waals surface area (Å²) in [5, 5.41) is 9.75. The average Bonchev–Trinajstić information content (AvgIpc) is 2.70. The molecule has 0 spiro atoms. The summed E-state index contributed by atoms with van der Waals surface area (Å²) in [4.78, 5) is 0. The molecule has 1 N–H and O–H groups in total. The van der Waals surface area contributed by atoms with Crippen molar-refractivity contribution in [2.75, 3.05) is 0 Å². The van der Waals surface area contributed by atoms with Gasteiger partial charge in [-0.25, -0.2) is 0 Å². The third-order valence-corrected chi connectivity index (χ3v) is 5.46. The van der Waals surface area contributed by atoms with Crippen LogP contribution in [0.3, 0.4) is 0 Å². The molecule has 3 rings (SSSR count). The van der Waals surface area contributed by atoms with Gasteiger partial charge in [-0.15, -0.1) is 0 Å². The van der Waals surface area contributed by atoms with Crippen LogP contribution < -0.4 is 0 Å². The highest BCUT2D eigenvalue weighted by Crippen LogP contribution is 2.55. The Kier molecular flexibility index (Phi) is 2.12. The molecule has 1 nitrogen and oxygen atoms in total. The average molecular weight is 194 g/mol. The van der Waals surface area contributed by atoms with E-state index in [1.54, 1.807) is 0 Å². The van der Waals surface area contributed by atoms with E-state index in [4.69, 9.17) is 0 Å². The van der Waals surface area contributed by atoms with Crippen LogP contribution >= 0.6 is 0 Å². The van der Waals surface area contributed by atoms with E-state index >= 15 is 0 Å². The molecule has 6 atom stereocenters. The van der Waals surface area contributed by atoms with Crippen molar-refractivity contribution in [3.05, 3.63) is 0 Å². The van der Waals surface area contributed by atoms with E-state index in [1.165, 1.54) is 32.1 Å². The van der Waals surface area contributed by atoms with Crippen molar-refractivity contribution in [3.63, 3.8) is 0 Å². The van der Waals surface area contributed by atoms with Crippen LogP contribution in [0.15, 0.2) is 0 Å². The Hall–Kier alpha value is -0.0400. The van der Waals surface area contributed by atoms with Crippen LogP contribution in [0.25, 0.3) is 0 Å². The largest absolute Gasteiger partial charge is 0.393 e. The zero-order valence-corrected chi connectivity index (χ0v) is 9.15. The van der Waals surface area contributed by atoms with Crippen molar-refractivity contribution in [2.24, 2.45) is 29.6 Å². The molecule has 0 aromatic heterocycles. The molecule has 0 bridgehead atoms. The summed E-state index contributed by atoms with van der Waals surface area (Å²) in [6, 6.07) is 0. The maximum Gasteiger partial charge on any atom is 0.0571 e. The Labute approximate surface area is 86.9 Å². The second-order valence-electron chi connectivity index (χ2n) is 5.93. The number of aliphatic hydroxyl groups excluding tert-OH is 1. The van der Waals surface area contributed by atoms with Gasteiger partial charge in [0.2, 0.25) is 0 Å². The first-order valence-electron chi connectivity index (χ1n) is 6.45. The van der Waals surface area contributed by atoms with Crippen molar-refractivity contribution in [1.29, 1.82) is 0 Å². The number of rotatable bonds is 1. The summed E-state index contributed by atoms with van der Waals surface area (Å²) in [6.45, 7) is 2.43. The molecule has 3 fully saturated rings. The molecule has 3 aliphatic rings. The smallest absolute Gasteiger partial charge is 0.0571 e. The molecule has 3 saturated carbocycles. The molecule has 0 amide bonds. The predicted octanol–water partition coefficient (Wildman–Crippen LogP) is 2.83. The zero-order chi connectivity index (χ0) is 9.71. The van der Waals surface area contributed by atoms with Gasteiger partial charge in [0.05, 0.1) is 6.10 Å². The molecular weight excluding hydrogens is 172 g/mol. The van der Waals surface area contributed by atoms with Gasteiger partial charge in [-0.2, -0.15) is 0 Å². The second-order valence-corrected chi connectivity index (χ2v) is 5.93. The number of aliphatic hydroxyl groups is 1. The van der Waals surface area contributed by atoms with Gasteiger partial charge in [0.25, 0.3) is 0 Å². The van der Waals surface area contributed by atoms with Gasteiger partial charge in [-0.1, -0.05) is 13.3 Å². The molecule has 3 aliphatic carbocycles. The predicted molar refractivity (Wildman–Crippen MR) is 56.8 cm³/mol. The van der Waals surface area contributed by atoms with Crippen LogP contribution in [0, 0.1) is 29.6 Å². The maximum absolute atomic E-state index is 9.75. The Morgan fingerprint density at radius 1 is 0.714 bits per heavy atom. The van der Waals surface area contributed by atoms with Crippen molar-refractivity contribution >= 4 is 0 Å². The number of fused-ring (bicyclic) bond motifs is 1. The molecule has 80 valence electrons. The lowest BCUT2D eigenvalue weighted by molar-refractivity contribution is -0.0217. The fourth-order valence-electron chi connectivity index (χ4n) is 4.47. The highest BCUT2D eigenvalue weighted by atomic mass is 16.3. The summed E-state index contributed by atoms with van der Waals surface area (Å²) in [5.74, 6) is 4.57. The topological polar surface area (TPSA) is 20.2 Å². The first kappa shape index (κ1) is 9.21. The summed E-state index contributed by atoms with van der Waals surface area (Å²) < 4.78 is 0. The van der Waals surface area contributed by atoms with Crippen LogP contribution in [-0.2, 0) is 0 Å². The Morgan fingerprint density at radius 2 is 1.29 bits per heavy atom. The monoisotopic (exact) mass is 194 g/mol. The minimum absolute atomic E-state index is 0.0645. The van der Waals surface area contributed by atoms with E-state index in [9.17, 15) is 5.11 Å². The lowest BCUT2D eigenvalue weighted by atomic mass is 9.69. The van der Waals surface area contributed by atoms with Crippen LogP contribution in [0.1, 0.15) is 45.4 Å².